The van der Waals surface area contributed by atoms with Crippen molar-refractivity contribution in [1.82, 2.24) is 4.98 Å². The molecule has 0 aliphatic heterocycles. The third-order valence-corrected chi connectivity index (χ3v) is 4.64. The molecule has 0 fully saturated rings. The molecule has 0 radical (unpaired) electrons. The van der Waals surface area contributed by atoms with E-state index in [2.05, 4.69) is 37.0 Å². The molecule has 0 spiro atoms. The van der Waals surface area contributed by atoms with Crippen molar-refractivity contribution in [2.75, 3.05) is 0 Å². The molecule has 90 valence electrons. The minimum atomic E-state index is 0.0302. The first-order valence-electron chi connectivity index (χ1n) is 5.69. The van der Waals surface area contributed by atoms with Gasteiger partial charge in [-0.3, -0.25) is 4.98 Å². The van der Waals surface area contributed by atoms with Crippen LogP contribution in [0.1, 0.15) is 32.0 Å². The van der Waals surface area contributed by atoms with E-state index in [0.29, 0.717) is 0 Å². The maximum absolute atomic E-state index is 6.44. The SMILES string of the molecule is Cc1ccc(CC(Cl)c2cc(C)c(C)s2)nc1. The zero-order valence-electron chi connectivity index (χ0n) is 10.3. The molecule has 2 heterocycles. The molecule has 0 bridgehead atoms. The molecule has 2 rings (SSSR count). The number of nitrogens with zero attached hydrogens (tertiary/aromatic N) is 1. The highest BCUT2D eigenvalue weighted by molar-refractivity contribution is 7.12. The maximum Gasteiger partial charge on any atom is 0.0734 e. The lowest BCUT2D eigenvalue weighted by molar-refractivity contribution is 0.893. The Hall–Kier alpha value is -0.860. The molecular formula is C14H16ClNS. The molecule has 3 heteroatoms. The molecule has 0 N–H and O–H groups in total. The van der Waals surface area contributed by atoms with E-state index >= 15 is 0 Å². The van der Waals surface area contributed by atoms with E-state index in [1.54, 1.807) is 11.3 Å². The minimum Gasteiger partial charge on any atom is -0.261 e. The van der Waals surface area contributed by atoms with Crippen LogP contribution in [-0.4, -0.2) is 4.98 Å². The van der Waals surface area contributed by atoms with Crippen molar-refractivity contribution in [3.63, 3.8) is 0 Å². The Balaban J connectivity index is 2.11. The van der Waals surface area contributed by atoms with Crippen LogP contribution in [0.5, 0.6) is 0 Å². The monoisotopic (exact) mass is 265 g/mol. The van der Waals surface area contributed by atoms with E-state index in [1.165, 1.54) is 20.9 Å². The summed E-state index contributed by atoms with van der Waals surface area (Å²) >= 11 is 8.22. The molecule has 1 nitrogen and oxygen atoms in total. The smallest absolute Gasteiger partial charge is 0.0734 e. The van der Waals surface area contributed by atoms with E-state index in [1.807, 2.05) is 13.1 Å². The molecule has 0 amide bonds. The fourth-order valence-electron chi connectivity index (χ4n) is 1.66. The third-order valence-electron chi connectivity index (χ3n) is 2.85. The van der Waals surface area contributed by atoms with E-state index in [4.69, 9.17) is 11.6 Å². The fraction of sp³-hybridized carbons (Fsp3) is 0.357. The zero-order valence-corrected chi connectivity index (χ0v) is 11.9. The van der Waals surface area contributed by atoms with E-state index in [-0.39, 0.29) is 5.38 Å². The first kappa shape index (κ1) is 12.6. The first-order chi connectivity index (χ1) is 8.06. The summed E-state index contributed by atoms with van der Waals surface area (Å²) in [5.74, 6) is 0. The van der Waals surface area contributed by atoms with Crippen LogP contribution in [0.4, 0.5) is 0 Å². The average Bonchev–Trinajstić information content (AvgIpc) is 2.63. The Morgan fingerprint density at radius 3 is 2.59 bits per heavy atom. The Morgan fingerprint density at radius 2 is 2.06 bits per heavy atom. The molecule has 0 saturated carbocycles. The third kappa shape index (κ3) is 3.08. The number of rotatable bonds is 3. The minimum absolute atomic E-state index is 0.0302. The predicted octanol–water partition coefficient (Wildman–Crippen LogP) is 4.59. The number of hydrogen-bond acceptors (Lipinski definition) is 2. The number of halogens is 1. The summed E-state index contributed by atoms with van der Waals surface area (Å²) in [6, 6.07) is 6.32. The van der Waals surface area contributed by atoms with Gasteiger partial charge in [0.05, 0.1) is 5.38 Å². The molecular weight excluding hydrogens is 250 g/mol. The van der Waals surface area contributed by atoms with Gasteiger partial charge in [-0.1, -0.05) is 6.07 Å². The number of hydrogen-bond donors (Lipinski definition) is 0. The summed E-state index contributed by atoms with van der Waals surface area (Å²) in [7, 11) is 0. The summed E-state index contributed by atoms with van der Waals surface area (Å²) in [6.07, 6.45) is 2.69. The summed E-state index contributed by atoms with van der Waals surface area (Å²) in [4.78, 5) is 6.98. The van der Waals surface area contributed by atoms with Gasteiger partial charge in [-0.2, -0.15) is 0 Å². The molecule has 17 heavy (non-hydrogen) atoms. The van der Waals surface area contributed by atoms with Crippen molar-refractivity contribution in [2.24, 2.45) is 0 Å². The van der Waals surface area contributed by atoms with Crippen LogP contribution in [-0.2, 0) is 6.42 Å². The lowest BCUT2D eigenvalue weighted by atomic mass is 10.1. The fourth-order valence-corrected chi connectivity index (χ4v) is 3.03. The first-order valence-corrected chi connectivity index (χ1v) is 6.94. The van der Waals surface area contributed by atoms with Gasteiger partial charge < -0.3 is 0 Å². The van der Waals surface area contributed by atoms with E-state index in [9.17, 15) is 0 Å². The highest BCUT2D eigenvalue weighted by atomic mass is 35.5. The zero-order chi connectivity index (χ0) is 12.4. The number of alkyl halides is 1. The molecule has 0 aromatic carbocycles. The normalized spacial score (nSPS) is 12.7. The molecule has 0 aliphatic carbocycles. The molecule has 1 unspecified atom stereocenters. The van der Waals surface area contributed by atoms with Gasteiger partial charge in [-0.05, 0) is 44.0 Å². The van der Waals surface area contributed by atoms with Crippen LogP contribution in [0.3, 0.4) is 0 Å². The predicted molar refractivity (Wildman–Crippen MR) is 75.1 cm³/mol. The van der Waals surface area contributed by atoms with Crippen LogP contribution in [0.15, 0.2) is 24.4 Å². The van der Waals surface area contributed by atoms with Gasteiger partial charge in [0, 0.05) is 28.1 Å². The van der Waals surface area contributed by atoms with Crippen LogP contribution in [0, 0.1) is 20.8 Å². The van der Waals surface area contributed by atoms with Gasteiger partial charge >= 0.3 is 0 Å². The van der Waals surface area contributed by atoms with Crippen molar-refractivity contribution in [3.8, 4) is 0 Å². The summed E-state index contributed by atoms with van der Waals surface area (Å²) in [5, 5.41) is 0.0302. The van der Waals surface area contributed by atoms with Gasteiger partial charge in [0.2, 0.25) is 0 Å². The standard InChI is InChI=1S/C14H16ClNS/c1-9-4-5-12(16-8-9)7-13(15)14-6-10(2)11(3)17-14/h4-6,8,13H,7H2,1-3H3. The topological polar surface area (TPSA) is 12.9 Å². The van der Waals surface area contributed by atoms with Crippen molar-refractivity contribution in [3.05, 3.63) is 51.0 Å². The Morgan fingerprint density at radius 1 is 1.29 bits per heavy atom. The maximum atomic E-state index is 6.44. The van der Waals surface area contributed by atoms with Crippen LogP contribution < -0.4 is 0 Å². The summed E-state index contributed by atoms with van der Waals surface area (Å²) < 4.78 is 0. The number of aryl methyl sites for hydroxylation is 3. The van der Waals surface area contributed by atoms with Gasteiger partial charge in [0.1, 0.15) is 0 Å². The Kier molecular flexibility index (Phi) is 3.85. The van der Waals surface area contributed by atoms with Crippen LogP contribution in [0.25, 0.3) is 0 Å². The summed E-state index contributed by atoms with van der Waals surface area (Å²) in [6.45, 7) is 6.31. The second-order valence-electron chi connectivity index (χ2n) is 4.39. The number of pyridine rings is 1. The highest BCUT2D eigenvalue weighted by Gasteiger charge is 2.13. The van der Waals surface area contributed by atoms with Gasteiger partial charge in [-0.15, -0.1) is 22.9 Å². The second-order valence-corrected chi connectivity index (χ2v) is 6.20. The average molecular weight is 266 g/mol. The molecule has 0 aliphatic rings. The Labute approximate surface area is 111 Å². The van der Waals surface area contributed by atoms with Crippen molar-refractivity contribution < 1.29 is 0 Å². The second kappa shape index (κ2) is 5.19. The summed E-state index contributed by atoms with van der Waals surface area (Å²) in [5.41, 5.74) is 3.56. The lowest BCUT2D eigenvalue weighted by Gasteiger charge is -2.06. The largest absolute Gasteiger partial charge is 0.261 e. The quantitative estimate of drug-likeness (QED) is 0.740. The molecule has 2 aromatic rings. The van der Waals surface area contributed by atoms with E-state index < -0.39 is 0 Å². The number of thiophene rings is 1. The molecule has 2 aromatic heterocycles. The van der Waals surface area contributed by atoms with Gasteiger partial charge in [0.25, 0.3) is 0 Å². The van der Waals surface area contributed by atoms with Crippen molar-refractivity contribution >= 4 is 22.9 Å². The van der Waals surface area contributed by atoms with Crippen molar-refractivity contribution in [2.45, 2.75) is 32.6 Å². The van der Waals surface area contributed by atoms with Crippen LogP contribution in [0.2, 0.25) is 0 Å². The van der Waals surface area contributed by atoms with Crippen molar-refractivity contribution in [1.29, 1.82) is 0 Å². The van der Waals surface area contributed by atoms with Gasteiger partial charge in [0.15, 0.2) is 0 Å². The van der Waals surface area contributed by atoms with Crippen LogP contribution >= 0.6 is 22.9 Å². The molecule has 0 saturated heterocycles. The van der Waals surface area contributed by atoms with Gasteiger partial charge in [-0.25, -0.2) is 0 Å². The Bertz CT molecular complexity index is 482. The van der Waals surface area contributed by atoms with E-state index in [0.717, 1.165) is 12.1 Å². The molecule has 1 atom stereocenters. The highest BCUT2D eigenvalue weighted by Crippen LogP contribution is 2.32. The number of aromatic nitrogens is 1. The lowest BCUT2D eigenvalue weighted by Crippen LogP contribution is -1.96.